The summed E-state index contributed by atoms with van der Waals surface area (Å²) in [6.45, 7) is 3.28. The lowest BCUT2D eigenvalue weighted by Crippen LogP contribution is -2.45. The molecule has 4 amide bonds. The summed E-state index contributed by atoms with van der Waals surface area (Å²) >= 11 is 0. The number of rotatable bonds is 3. The Morgan fingerprint density at radius 1 is 0.967 bits per heavy atom. The second-order valence-electron chi connectivity index (χ2n) is 7.83. The van der Waals surface area contributed by atoms with Gasteiger partial charge < -0.3 is 20.4 Å². The van der Waals surface area contributed by atoms with Crippen molar-refractivity contribution >= 4 is 34.9 Å². The van der Waals surface area contributed by atoms with Crippen LogP contribution in [0.1, 0.15) is 25.3 Å². The lowest BCUT2D eigenvalue weighted by molar-refractivity contribution is -0.121. The van der Waals surface area contributed by atoms with E-state index in [2.05, 4.69) is 10.6 Å². The number of benzene rings is 2. The molecule has 30 heavy (non-hydrogen) atoms. The lowest BCUT2D eigenvalue weighted by Gasteiger charge is -2.32. The van der Waals surface area contributed by atoms with Gasteiger partial charge in [-0.2, -0.15) is 0 Å². The number of anilines is 3. The van der Waals surface area contributed by atoms with Crippen LogP contribution in [0.3, 0.4) is 0 Å². The molecule has 0 unspecified atom stereocenters. The van der Waals surface area contributed by atoms with Crippen LogP contribution in [0.15, 0.2) is 48.5 Å². The highest BCUT2D eigenvalue weighted by molar-refractivity contribution is 5.96. The van der Waals surface area contributed by atoms with Crippen molar-refractivity contribution in [2.45, 2.75) is 26.2 Å². The first-order valence-electron chi connectivity index (χ1n) is 10.3. The van der Waals surface area contributed by atoms with E-state index >= 15 is 0 Å². The van der Waals surface area contributed by atoms with Crippen LogP contribution < -0.4 is 15.5 Å². The maximum Gasteiger partial charge on any atom is 0.321 e. The molecular formula is C23H26N4O3. The molecule has 0 spiro atoms. The van der Waals surface area contributed by atoms with Gasteiger partial charge in [0.15, 0.2) is 0 Å². The lowest BCUT2D eigenvalue weighted by atomic mass is 9.97. The van der Waals surface area contributed by atoms with Gasteiger partial charge in [0.25, 0.3) is 0 Å². The van der Waals surface area contributed by atoms with Crippen molar-refractivity contribution in [2.75, 3.05) is 35.2 Å². The van der Waals surface area contributed by atoms with Gasteiger partial charge in [-0.05, 0) is 55.2 Å². The third-order valence-electron chi connectivity index (χ3n) is 5.73. The molecule has 1 saturated heterocycles. The van der Waals surface area contributed by atoms with Crippen LogP contribution in [-0.2, 0) is 16.0 Å². The third-order valence-corrected chi connectivity index (χ3v) is 5.73. The van der Waals surface area contributed by atoms with Gasteiger partial charge >= 0.3 is 6.03 Å². The quantitative estimate of drug-likeness (QED) is 0.819. The fourth-order valence-corrected chi connectivity index (χ4v) is 4.15. The number of carbonyl (C=O) groups is 3. The van der Waals surface area contributed by atoms with Crippen molar-refractivity contribution < 1.29 is 14.4 Å². The van der Waals surface area contributed by atoms with Crippen LogP contribution in [0.5, 0.6) is 0 Å². The summed E-state index contributed by atoms with van der Waals surface area (Å²) in [5.41, 5.74) is 3.46. The molecule has 4 rings (SSSR count). The third kappa shape index (κ3) is 4.30. The molecule has 2 aliphatic heterocycles. The standard InChI is InChI=1S/C23H26N4O3/c1-16(28)27-13-11-17-14-20(9-10-21(17)27)24-22(29)18-6-5-12-26(15-18)23(30)25-19-7-3-2-4-8-19/h2-4,7-10,14,18H,5-6,11-13,15H2,1H3,(H,24,29)(H,25,30)/t18-/m0/s1. The number of urea groups is 1. The Labute approximate surface area is 176 Å². The molecule has 2 heterocycles. The second-order valence-corrected chi connectivity index (χ2v) is 7.83. The number of piperidine rings is 1. The Balaban J connectivity index is 1.37. The molecule has 2 aromatic rings. The van der Waals surface area contributed by atoms with E-state index in [-0.39, 0.29) is 23.8 Å². The molecule has 2 aromatic carbocycles. The van der Waals surface area contributed by atoms with Gasteiger partial charge in [0.05, 0.1) is 5.92 Å². The topological polar surface area (TPSA) is 81.8 Å². The molecule has 0 bridgehead atoms. The molecule has 1 atom stereocenters. The van der Waals surface area contributed by atoms with Gasteiger partial charge in [-0.3, -0.25) is 9.59 Å². The van der Waals surface area contributed by atoms with Gasteiger partial charge in [0.1, 0.15) is 0 Å². The van der Waals surface area contributed by atoms with E-state index in [0.717, 1.165) is 41.9 Å². The summed E-state index contributed by atoms with van der Waals surface area (Å²) in [5, 5.41) is 5.88. The zero-order valence-corrected chi connectivity index (χ0v) is 17.1. The average Bonchev–Trinajstić information content (AvgIpc) is 3.18. The molecule has 156 valence electrons. The number of likely N-dealkylation sites (tertiary alicyclic amines) is 1. The second kappa shape index (κ2) is 8.57. The predicted molar refractivity (Wildman–Crippen MR) is 117 cm³/mol. The maximum absolute atomic E-state index is 12.8. The Hall–Kier alpha value is -3.35. The molecule has 7 nitrogen and oxygen atoms in total. The predicted octanol–water partition coefficient (Wildman–Crippen LogP) is 3.48. The Kier molecular flexibility index (Phi) is 5.70. The van der Waals surface area contributed by atoms with Crippen LogP contribution in [0.2, 0.25) is 0 Å². The van der Waals surface area contributed by atoms with E-state index in [9.17, 15) is 14.4 Å². The fraction of sp³-hybridized carbons (Fsp3) is 0.348. The van der Waals surface area contributed by atoms with Gasteiger partial charge in [0.2, 0.25) is 11.8 Å². The Bertz CT molecular complexity index is 960. The minimum atomic E-state index is -0.248. The number of amides is 4. The normalized spacial score (nSPS) is 18.0. The van der Waals surface area contributed by atoms with E-state index in [0.29, 0.717) is 19.6 Å². The molecule has 2 N–H and O–H groups in total. The minimum Gasteiger partial charge on any atom is -0.326 e. The van der Waals surface area contributed by atoms with Gasteiger partial charge in [-0.25, -0.2) is 4.79 Å². The van der Waals surface area contributed by atoms with Crippen LogP contribution in [0.25, 0.3) is 0 Å². The Morgan fingerprint density at radius 2 is 1.77 bits per heavy atom. The number of hydrogen-bond donors (Lipinski definition) is 2. The molecular weight excluding hydrogens is 380 g/mol. The molecule has 0 aromatic heterocycles. The van der Waals surface area contributed by atoms with Crippen molar-refractivity contribution in [3.05, 3.63) is 54.1 Å². The monoisotopic (exact) mass is 406 g/mol. The first-order valence-corrected chi connectivity index (χ1v) is 10.3. The summed E-state index contributed by atoms with van der Waals surface area (Å²) < 4.78 is 0. The number of fused-ring (bicyclic) bond motifs is 1. The summed E-state index contributed by atoms with van der Waals surface area (Å²) in [6, 6.07) is 14.8. The van der Waals surface area contributed by atoms with Crippen LogP contribution in [0.4, 0.5) is 21.9 Å². The molecule has 7 heteroatoms. The van der Waals surface area contributed by atoms with E-state index in [1.807, 2.05) is 48.5 Å². The minimum absolute atomic E-state index is 0.0293. The largest absolute Gasteiger partial charge is 0.326 e. The highest BCUT2D eigenvalue weighted by Gasteiger charge is 2.29. The maximum atomic E-state index is 12.8. The van der Waals surface area contributed by atoms with E-state index in [1.54, 1.807) is 16.7 Å². The molecule has 0 aliphatic carbocycles. The van der Waals surface area contributed by atoms with Crippen molar-refractivity contribution in [1.82, 2.24) is 4.90 Å². The summed E-state index contributed by atoms with van der Waals surface area (Å²) in [6.07, 6.45) is 2.33. The molecule has 2 aliphatic rings. The van der Waals surface area contributed by atoms with Crippen LogP contribution in [-0.4, -0.2) is 42.4 Å². The summed E-state index contributed by atoms with van der Waals surface area (Å²) in [5.74, 6) is -0.294. The number of nitrogens with zero attached hydrogens (tertiary/aromatic N) is 2. The van der Waals surface area contributed by atoms with Crippen molar-refractivity contribution in [3.8, 4) is 0 Å². The highest BCUT2D eigenvalue weighted by atomic mass is 16.2. The smallest absolute Gasteiger partial charge is 0.321 e. The van der Waals surface area contributed by atoms with Gasteiger partial charge in [-0.1, -0.05) is 18.2 Å². The van der Waals surface area contributed by atoms with E-state index in [1.165, 1.54) is 0 Å². The van der Waals surface area contributed by atoms with Crippen molar-refractivity contribution in [3.63, 3.8) is 0 Å². The Morgan fingerprint density at radius 3 is 2.53 bits per heavy atom. The fourth-order valence-electron chi connectivity index (χ4n) is 4.15. The van der Waals surface area contributed by atoms with Crippen LogP contribution >= 0.6 is 0 Å². The first-order chi connectivity index (χ1) is 14.5. The zero-order valence-electron chi connectivity index (χ0n) is 17.1. The summed E-state index contributed by atoms with van der Waals surface area (Å²) in [7, 11) is 0. The van der Waals surface area contributed by atoms with E-state index in [4.69, 9.17) is 0 Å². The molecule has 0 radical (unpaired) electrons. The highest BCUT2D eigenvalue weighted by Crippen LogP contribution is 2.31. The van der Waals surface area contributed by atoms with Gasteiger partial charge in [-0.15, -0.1) is 0 Å². The van der Waals surface area contributed by atoms with E-state index < -0.39 is 0 Å². The number of nitrogens with one attached hydrogen (secondary N) is 2. The van der Waals surface area contributed by atoms with Crippen molar-refractivity contribution in [1.29, 1.82) is 0 Å². The zero-order chi connectivity index (χ0) is 21.1. The van der Waals surface area contributed by atoms with Crippen molar-refractivity contribution in [2.24, 2.45) is 5.92 Å². The summed E-state index contributed by atoms with van der Waals surface area (Å²) in [4.78, 5) is 40.5. The van der Waals surface area contributed by atoms with Crippen LogP contribution in [0, 0.1) is 5.92 Å². The SMILES string of the molecule is CC(=O)N1CCc2cc(NC(=O)[C@H]3CCCN(C(=O)Nc4ccccc4)C3)ccc21. The first kappa shape index (κ1) is 19.9. The number of para-hydroxylation sites is 1. The molecule has 1 fully saturated rings. The average molecular weight is 406 g/mol. The number of carbonyl (C=O) groups excluding carboxylic acids is 3. The molecule has 0 saturated carbocycles. The van der Waals surface area contributed by atoms with Gasteiger partial charge in [0, 0.05) is 43.6 Å². The number of hydrogen-bond acceptors (Lipinski definition) is 3.